The van der Waals surface area contributed by atoms with E-state index in [-0.39, 0.29) is 0 Å². The summed E-state index contributed by atoms with van der Waals surface area (Å²) in [6, 6.07) is 6.17. The fourth-order valence-corrected chi connectivity index (χ4v) is 2.29. The molecule has 2 rings (SSSR count). The minimum absolute atomic E-state index is 0.652. The van der Waals surface area contributed by atoms with Crippen molar-refractivity contribution in [1.82, 2.24) is 4.57 Å². The van der Waals surface area contributed by atoms with Crippen LogP contribution in [0.15, 0.2) is 18.2 Å². The third kappa shape index (κ3) is 1.75. The molecule has 0 radical (unpaired) electrons. The second-order valence-corrected chi connectivity index (χ2v) is 4.32. The van der Waals surface area contributed by atoms with Crippen molar-refractivity contribution >= 4 is 22.5 Å². The van der Waals surface area contributed by atoms with Gasteiger partial charge in [0, 0.05) is 23.2 Å². The fourth-order valence-electron chi connectivity index (χ4n) is 2.04. The summed E-state index contributed by atoms with van der Waals surface area (Å²) in [4.78, 5) is 0. The molecule has 0 spiro atoms. The molecule has 0 fully saturated rings. The summed E-state index contributed by atoms with van der Waals surface area (Å²) in [7, 11) is 2.07. The van der Waals surface area contributed by atoms with Crippen LogP contribution >= 0.6 is 11.6 Å². The van der Waals surface area contributed by atoms with Gasteiger partial charge in [0.05, 0.1) is 5.52 Å². The topological polar surface area (TPSA) is 30.9 Å². The zero-order valence-electron chi connectivity index (χ0n) is 9.05. The van der Waals surface area contributed by atoms with E-state index in [4.69, 9.17) is 17.3 Å². The second-order valence-electron chi connectivity index (χ2n) is 3.89. The van der Waals surface area contributed by atoms with Gasteiger partial charge in [-0.3, -0.25) is 0 Å². The molecule has 1 heterocycles. The number of halogens is 1. The average Bonchev–Trinajstić information content (AvgIpc) is 2.42. The predicted molar refractivity (Wildman–Crippen MR) is 65.4 cm³/mol. The Bertz CT molecular complexity index is 500. The average molecular weight is 223 g/mol. The van der Waals surface area contributed by atoms with E-state index in [2.05, 4.69) is 24.6 Å². The molecular formula is C12H15ClN2. The first-order chi connectivity index (χ1) is 7.13. The third-order valence-electron chi connectivity index (χ3n) is 2.83. The van der Waals surface area contributed by atoms with Crippen LogP contribution in [-0.4, -0.2) is 11.1 Å². The molecule has 0 atom stereocenters. The van der Waals surface area contributed by atoms with Crippen molar-refractivity contribution in [2.45, 2.75) is 13.3 Å². The van der Waals surface area contributed by atoms with Crippen molar-refractivity contribution in [3.8, 4) is 0 Å². The largest absolute Gasteiger partial charge is 0.348 e. The standard InChI is InChI=1S/C12H15ClN2/c1-8-5-10-7-11(13)6-9(3-4-14)12(10)15(8)2/h5-7H,3-4,14H2,1-2H3. The van der Waals surface area contributed by atoms with Gasteiger partial charge in [0.1, 0.15) is 0 Å². The minimum atomic E-state index is 0.652. The van der Waals surface area contributed by atoms with E-state index in [9.17, 15) is 0 Å². The Morgan fingerprint density at radius 2 is 2.07 bits per heavy atom. The molecular weight excluding hydrogens is 208 g/mol. The maximum absolute atomic E-state index is 6.07. The quantitative estimate of drug-likeness (QED) is 0.832. The lowest BCUT2D eigenvalue weighted by Crippen LogP contribution is -2.04. The Morgan fingerprint density at radius 3 is 2.73 bits per heavy atom. The lowest BCUT2D eigenvalue weighted by Gasteiger charge is -2.06. The maximum Gasteiger partial charge on any atom is 0.0513 e. The van der Waals surface area contributed by atoms with Gasteiger partial charge in [0.15, 0.2) is 0 Å². The fraction of sp³-hybridized carbons (Fsp3) is 0.333. The second kappa shape index (κ2) is 3.87. The molecule has 2 nitrogen and oxygen atoms in total. The number of nitrogens with zero attached hydrogens (tertiary/aromatic N) is 1. The first-order valence-corrected chi connectivity index (χ1v) is 5.46. The van der Waals surface area contributed by atoms with Gasteiger partial charge in [-0.2, -0.15) is 0 Å². The number of hydrogen-bond donors (Lipinski definition) is 1. The van der Waals surface area contributed by atoms with Crippen LogP contribution in [0.2, 0.25) is 5.02 Å². The van der Waals surface area contributed by atoms with Crippen molar-refractivity contribution in [3.05, 3.63) is 34.5 Å². The van der Waals surface area contributed by atoms with Gasteiger partial charge >= 0.3 is 0 Å². The highest BCUT2D eigenvalue weighted by Crippen LogP contribution is 2.26. The van der Waals surface area contributed by atoms with E-state index in [1.807, 2.05) is 12.1 Å². The maximum atomic E-state index is 6.07. The first kappa shape index (κ1) is 10.5. The van der Waals surface area contributed by atoms with Crippen LogP contribution in [0.5, 0.6) is 0 Å². The van der Waals surface area contributed by atoms with E-state index < -0.39 is 0 Å². The van der Waals surface area contributed by atoms with Gasteiger partial charge in [-0.1, -0.05) is 11.6 Å². The number of aromatic nitrogens is 1. The van der Waals surface area contributed by atoms with Gasteiger partial charge in [-0.25, -0.2) is 0 Å². The zero-order chi connectivity index (χ0) is 11.0. The minimum Gasteiger partial charge on any atom is -0.348 e. The molecule has 2 aromatic rings. The molecule has 1 aromatic heterocycles. The van der Waals surface area contributed by atoms with Gasteiger partial charge in [0.25, 0.3) is 0 Å². The number of rotatable bonds is 2. The molecule has 0 bridgehead atoms. The van der Waals surface area contributed by atoms with Crippen LogP contribution in [0.3, 0.4) is 0 Å². The monoisotopic (exact) mass is 222 g/mol. The van der Waals surface area contributed by atoms with Crippen LogP contribution in [0, 0.1) is 6.92 Å². The van der Waals surface area contributed by atoms with Crippen molar-refractivity contribution in [2.75, 3.05) is 6.54 Å². The van der Waals surface area contributed by atoms with Crippen molar-refractivity contribution in [2.24, 2.45) is 12.8 Å². The molecule has 0 saturated heterocycles. The van der Waals surface area contributed by atoms with E-state index >= 15 is 0 Å². The van der Waals surface area contributed by atoms with Crippen LogP contribution < -0.4 is 5.73 Å². The lowest BCUT2D eigenvalue weighted by atomic mass is 10.1. The number of fused-ring (bicyclic) bond motifs is 1. The zero-order valence-corrected chi connectivity index (χ0v) is 9.80. The molecule has 80 valence electrons. The van der Waals surface area contributed by atoms with Crippen LogP contribution in [0.1, 0.15) is 11.3 Å². The molecule has 0 aliphatic carbocycles. The molecule has 15 heavy (non-hydrogen) atoms. The van der Waals surface area contributed by atoms with E-state index in [1.54, 1.807) is 0 Å². The molecule has 0 unspecified atom stereocenters. The van der Waals surface area contributed by atoms with Gasteiger partial charge in [-0.05, 0) is 43.7 Å². The van der Waals surface area contributed by atoms with E-state index in [1.165, 1.54) is 22.2 Å². The number of benzene rings is 1. The smallest absolute Gasteiger partial charge is 0.0513 e. The highest BCUT2D eigenvalue weighted by Gasteiger charge is 2.08. The number of nitrogens with two attached hydrogens (primary N) is 1. The Kier molecular flexibility index (Phi) is 2.72. The van der Waals surface area contributed by atoms with Crippen molar-refractivity contribution in [1.29, 1.82) is 0 Å². The summed E-state index contributed by atoms with van der Waals surface area (Å²) < 4.78 is 2.19. The third-order valence-corrected chi connectivity index (χ3v) is 3.04. The molecule has 3 heteroatoms. The first-order valence-electron chi connectivity index (χ1n) is 5.08. The predicted octanol–water partition coefficient (Wildman–Crippen LogP) is 2.64. The molecule has 1 aromatic carbocycles. The Balaban J connectivity index is 2.75. The van der Waals surface area contributed by atoms with Gasteiger partial charge < -0.3 is 10.3 Å². The molecule has 0 amide bonds. The van der Waals surface area contributed by atoms with E-state index in [0.29, 0.717) is 6.54 Å². The normalized spacial score (nSPS) is 11.2. The molecule has 0 aliphatic heterocycles. The lowest BCUT2D eigenvalue weighted by molar-refractivity contribution is 0.897. The SMILES string of the molecule is Cc1cc2cc(Cl)cc(CCN)c2n1C. The molecule has 0 saturated carbocycles. The summed E-state index contributed by atoms with van der Waals surface area (Å²) in [5.74, 6) is 0. The van der Waals surface area contributed by atoms with Crippen molar-refractivity contribution in [3.63, 3.8) is 0 Å². The van der Waals surface area contributed by atoms with Gasteiger partial charge in [0.2, 0.25) is 0 Å². The summed E-state index contributed by atoms with van der Waals surface area (Å²) in [6.45, 7) is 2.75. The number of aryl methyl sites for hydroxylation is 2. The molecule has 0 aliphatic rings. The summed E-state index contributed by atoms with van der Waals surface area (Å²) in [5.41, 5.74) is 9.33. The van der Waals surface area contributed by atoms with E-state index in [0.717, 1.165) is 11.4 Å². The highest BCUT2D eigenvalue weighted by atomic mass is 35.5. The number of hydrogen-bond acceptors (Lipinski definition) is 1. The summed E-state index contributed by atoms with van der Waals surface area (Å²) in [6.07, 6.45) is 0.869. The van der Waals surface area contributed by atoms with Crippen LogP contribution in [0.25, 0.3) is 10.9 Å². The Hall–Kier alpha value is -0.990. The highest BCUT2D eigenvalue weighted by molar-refractivity contribution is 6.31. The Labute approximate surface area is 94.6 Å². The molecule has 2 N–H and O–H groups in total. The Morgan fingerprint density at radius 1 is 1.33 bits per heavy atom. The van der Waals surface area contributed by atoms with Crippen LogP contribution in [0.4, 0.5) is 0 Å². The summed E-state index contributed by atoms with van der Waals surface area (Å²) >= 11 is 6.07. The van der Waals surface area contributed by atoms with Gasteiger partial charge in [-0.15, -0.1) is 0 Å². The van der Waals surface area contributed by atoms with Crippen molar-refractivity contribution < 1.29 is 0 Å². The summed E-state index contributed by atoms with van der Waals surface area (Å²) in [5, 5.41) is 1.99. The van der Waals surface area contributed by atoms with Crippen LogP contribution in [-0.2, 0) is 13.5 Å².